The molecule has 26 heavy (non-hydrogen) atoms. The second kappa shape index (κ2) is 6.83. The first-order chi connectivity index (χ1) is 12.3. The van der Waals surface area contributed by atoms with Gasteiger partial charge in [-0.15, -0.1) is 0 Å². The smallest absolute Gasteiger partial charge is 0.303 e. The SMILES string of the molecule is COc1nc2c(c(=O)n1C)N[C@H]1[C@@H](OC(C)=O)[C@H](OC(C)=O)CO[C@H]1N2. The Hall–Kier alpha value is -2.82. The minimum Gasteiger partial charge on any atom is -0.468 e. The Labute approximate surface area is 148 Å². The zero-order valence-electron chi connectivity index (χ0n) is 14.8. The van der Waals surface area contributed by atoms with E-state index in [0.29, 0.717) is 0 Å². The molecule has 4 atom stereocenters. The van der Waals surface area contributed by atoms with Gasteiger partial charge in [-0.1, -0.05) is 0 Å². The van der Waals surface area contributed by atoms with Crippen LogP contribution in [-0.2, 0) is 30.8 Å². The van der Waals surface area contributed by atoms with Crippen molar-refractivity contribution in [3.63, 3.8) is 0 Å². The number of hydrogen-bond acceptors (Lipinski definition) is 10. The number of fused-ring (bicyclic) bond motifs is 2. The molecule has 0 spiro atoms. The van der Waals surface area contributed by atoms with Crippen molar-refractivity contribution in [3.05, 3.63) is 10.4 Å². The van der Waals surface area contributed by atoms with Crippen LogP contribution in [0, 0.1) is 0 Å². The number of ether oxygens (including phenoxy) is 4. The van der Waals surface area contributed by atoms with Crippen LogP contribution in [0.2, 0.25) is 0 Å². The summed E-state index contributed by atoms with van der Waals surface area (Å²) >= 11 is 0. The van der Waals surface area contributed by atoms with E-state index in [1.807, 2.05) is 0 Å². The van der Waals surface area contributed by atoms with Crippen molar-refractivity contribution in [2.45, 2.75) is 38.3 Å². The van der Waals surface area contributed by atoms with Crippen LogP contribution in [0.25, 0.3) is 0 Å². The van der Waals surface area contributed by atoms with Crippen LogP contribution in [0.4, 0.5) is 11.5 Å². The molecule has 2 aliphatic rings. The Morgan fingerprint density at radius 1 is 1.23 bits per heavy atom. The second-order valence-corrected chi connectivity index (χ2v) is 5.98. The maximum Gasteiger partial charge on any atom is 0.303 e. The molecule has 1 aromatic rings. The highest BCUT2D eigenvalue weighted by Crippen LogP contribution is 2.32. The van der Waals surface area contributed by atoms with E-state index in [1.165, 1.54) is 32.6 Å². The standard InChI is InChI=1S/C15H20N4O7/c1-6(20)25-8-5-24-13-9(11(8)26-7(2)21)16-10-12(17-13)18-15(23-4)19(3)14(10)22/h8-9,11,13,16-17H,5H2,1-4H3/t8-,9+,11+,13-/m1/s1. The number of methoxy groups -OCH3 is 1. The molecule has 0 aromatic carbocycles. The highest BCUT2D eigenvalue weighted by Gasteiger charge is 2.47. The Morgan fingerprint density at radius 3 is 2.54 bits per heavy atom. The fraction of sp³-hybridized carbons (Fsp3) is 0.600. The lowest BCUT2D eigenvalue weighted by Crippen LogP contribution is -2.63. The van der Waals surface area contributed by atoms with Gasteiger partial charge in [0.25, 0.3) is 5.56 Å². The highest BCUT2D eigenvalue weighted by atomic mass is 16.6. The molecule has 0 radical (unpaired) electrons. The van der Waals surface area contributed by atoms with Crippen molar-refractivity contribution < 1.29 is 28.5 Å². The molecule has 2 N–H and O–H groups in total. The van der Waals surface area contributed by atoms with Gasteiger partial charge in [0.15, 0.2) is 24.3 Å². The number of aromatic nitrogens is 2. The van der Waals surface area contributed by atoms with Crippen LogP contribution in [0.1, 0.15) is 13.8 Å². The molecule has 1 fully saturated rings. The highest BCUT2D eigenvalue weighted by molar-refractivity contribution is 5.69. The molecule has 142 valence electrons. The Bertz CT molecular complexity index is 793. The second-order valence-electron chi connectivity index (χ2n) is 5.98. The first kappa shape index (κ1) is 18.0. The number of esters is 2. The number of carbonyl (C=O) groups is 2. The van der Waals surface area contributed by atoms with Crippen LogP contribution in [0.15, 0.2) is 4.79 Å². The summed E-state index contributed by atoms with van der Waals surface area (Å²) in [5, 5.41) is 6.01. The summed E-state index contributed by atoms with van der Waals surface area (Å²) in [7, 11) is 2.93. The molecule has 11 nitrogen and oxygen atoms in total. The molecule has 11 heteroatoms. The van der Waals surface area contributed by atoms with Gasteiger partial charge in [0.2, 0.25) is 0 Å². The van der Waals surface area contributed by atoms with Crippen molar-refractivity contribution in [1.82, 2.24) is 9.55 Å². The molecule has 0 amide bonds. The third kappa shape index (κ3) is 3.17. The summed E-state index contributed by atoms with van der Waals surface area (Å²) in [5.41, 5.74) is -0.201. The fourth-order valence-electron chi connectivity index (χ4n) is 3.05. The molecule has 0 saturated carbocycles. The lowest BCUT2D eigenvalue weighted by Gasteiger charge is -2.44. The van der Waals surface area contributed by atoms with Gasteiger partial charge in [0.05, 0.1) is 13.7 Å². The zero-order valence-corrected chi connectivity index (χ0v) is 14.8. The third-order valence-corrected chi connectivity index (χ3v) is 4.13. The average Bonchev–Trinajstić information content (AvgIpc) is 2.58. The number of anilines is 2. The number of hydrogen-bond donors (Lipinski definition) is 2. The zero-order chi connectivity index (χ0) is 19.0. The topological polar surface area (TPSA) is 130 Å². The number of rotatable bonds is 3. The minimum absolute atomic E-state index is 0.0185. The molecule has 1 saturated heterocycles. The van der Waals surface area contributed by atoms with E-state index in [0.717, 1.165) is 0 Å². The van der Waals surface area contributed by atoms with Crippen molar-refractivity contribution in [1.29, 1.82) is 0 Å². The largest absolute Gasteiger partial charge is 0.468 e. The van der Waals surface area contributed by atoms with Crippen molar-refractivity contribution in [2.24, 2.45) is 7.05 Å². The van der Waals surface area contributed by atoms with Gasteiger partial charge in [-0.05, 0) is 0 Å². The fourth-order valence-corrected chi connectivity index (χ4v) is 3.05. The van der Waals surface area contributed by atoms with Crippen LogP contribution < -0.4 is 20.9 Å². The van der Waals surface area contributed by atoms with Crippen molar-refractivity contribution >= 4 is 23.4 Å². The summed E-state index contributed by atoms with van der Waals surface area (Å²) in [5.74, 6) is -0.805. The van der Waals surface area contributed by atoms with Gasteiger partial charge >= 0.3 is 17.9 Å². The van der Waals surface area contributed by atoms with Crippen LogP contribution in [0.3, 0.4) is 0 Å². The quantitative estimate of drug-likeness (QED) is 0.655. The van der Waals surface area contributed by atoms with Crippen LogP contribution in [-0.4, -0.2) is 59.7 Å². The molecule has 0 aliphatic carbocycles. The normalized spacial score (nSPS) is 26.5. The molecule has 3 heterocycles. The van der Waals surface area contributed by atoms with Gasteiger partial charge < -0.3 is 29.6 Å². The molecule has 3 rings (SSSR count). The molecule has 0 bridgehead atoms. The van der Waals surface area contributed by atoms with Crippen LogP contribution in [0.5, 0.6) is 6.01 Å². The number of carbonyl (C=O) groups excluding carboxylic acids is 2. The first-order valence-electron chi connectivity index (χ1n) is 7.96. The monoisotopic (exact) mass is 368 g/mol. The van der Waals surface area contributed by atoms with E-state index in [1.54, 1.807) is 0 Å². The van der Waals surface area contributed by atoms with Crippen molar-refractivity contribution in [3.8, 4) is 6.01 Å². The number of nitrogens with zero attached hydrogens (tertiary/aromatic N) is 2. The van der Waals surface area contributed by atoms with Gasteiger partial charge in [-0.2, -0.15) is 4.98 Å². The molecule has 0 unspecified atom stereocenters. The molecule has 2 aliphatic heterocycles. The summed E-state index contributed by atoms with van der Waals surface area (Å²) < 4.78 is 22.5. The molecular weight excluding hydrogens is 348 g/mol. The third-order valence-electron chi connectivity index (χ3n) is 4.13. The molecule has 1 aromatic heterocycles. The maximum atomic E-state index is 12.6. The van der Waals surface area contributed by atoms with E-state index in [9.17, 15) is 14.4 Å². The van der Waals surface area contributed by atoms with Gasteiger partial charge in [-0.3, -0.25) is 19.0 Å². The van der Waals surface area contributed by atoms with E-state index in [4.69, 9.17) is 18.9 Å². The minimum atomic E-state index is -0.845. The average molecular weight is 368 g/mol. The van der Waals surface area contributed by atoms with Gasteiger partial charge in [-0.25, -0.2) is 0 Å². The van der Waals surface area contributed by atoms with E-state index in [2.05, 4.69) is 15.6 Å². The predicted molar refractivity (Wildman–Crippen MR) is 87.9 cm³/mol. The van der Waals surface area contributed by atoms with Crippen LogP contribution >= 0.6 is 0 Å². The Balaban J connectivity index is 1.97. The summed E-state index contributed by atoms with van der Waals surface area (Å²) in [6, 6.07) is -0.529. The lowest BCUT2D eigenvalue weighted by atomic mass is 9.98. The van der Waals surface area contributed by atoms with Crippen molar-refractivity contribution in [2.75, 3.05) is 24.4 Å². The maximum absolute atomic E-state index is 12.6. The predicted octanol–water partition coefficient (Wildman–Crippen LogP) is -0.785. The van der Waals surface area contributed by atoms with E-state index >= 15 is 0 Å². The lowest BCUT2D eigenvalue weighted by molar-refractivity contribution is -0.187. The van der Waals surface area contributed by atoms with Gasteiger partial charge in [0, 0.05) is 20.9 Å². The van der Waals surface area contributed by atoms with E-state index < -0.39 is 36.4 Å². The first-order valence-corrected chi connectivity index (χ1v) is 7.96. The summed E-state index contributed by atoms with van der Waals surface area (Å²) in [6.07, 6.45) is -2.30. The molecular formula is C15H20N4O7. The Kier molecular flexibility index (Phi) is 4.72. The van der Waals surface area contributed by atoms with E-state index in [-0.39, 0.29) is 29.7 Å². The summed E-state index contributed by atoms with van der Waals surface area (Å²) in [6.45, 7) is 2.53. The Morgan fingerprint density at radius 2 is 1.92 bits per heavy atom. The number of nitrogens with one attached hydrogen (secondary N) is 2. The van der Waals surface area contributed by atoms with Gasteiger partial charge in [0.1, 0.15) is 11.7 Å². The summed E-state index contributed by atoms with van der Waals surface area (Å²) in [4.78, 5) is 39.7.